The molecule has 0 atom stereocenters. The summed E-state index contributed by atoms with van der Waals surface area (Å²) >= 11 is 0. The van der Waals surface area contributed by atoms with E-state index in [-0.39, 0.29) is 16.2 Å². The van der Waals surface area contributed by atoms with Crippen molar-refractivity contribution >= 4 is 15.8 Å². The third kappa shape index (κ3) is 3.20. The minimum Gasteiger partial charge on any atom is -0.478 e. The van der Waals surface area contributed by atoms with Crippen LogP contribution in [0.2, 0.25) is 0 Å². The van der Waals surface area contributed by atoms with E-state index in [1.165, 1.54) is 18.2 Å². The maximum atomic E-state index is 12.1. The predicted molar refractivity (Wildman–Crippen MR) is 69.6 cm³/mol. The molecule has 1 rings (SSSR count). The van der Waals surface area contributed by atoms with Crippen LogP contribution in [0.1, 0.15) is 29.3 Å². The Kier molecular flexibility index (Phi) is 4.29. The number of carboxylic acids is 1. The van der Waals surface area contributed by atoms with Gasteiger partial charge in [0.25, 0.3) is 0 Å². The third-order valence-corrected chi connectivity index (χ3v) is 4.56. The second-order valence-corrected chi connectivity index (χ2v) is 6.11. The fraction of sp³-hybridized carbons (Fsp3) is 0.308. The summed E-state index contributed by atoms with van der Waals surface area (Å²) in [7, 11) is -3.52. The molecule has 0 amide bonds. The molecule has 18 heavy (non-hydrogen) atoms. The standard InChI is InChI=1S/C13H16O4S/c1-4-9(2)8-18(16,17)12-7-11(13(14)15)6-5-10(12)3/h5-7H,2,4,8H2,1,3H3,(H,14,15). The number of carbonyl (C=O) groups is 1. The topological polar surface area (TPSA) is 71.4 Å². The molecule has 0 radical (unpaired) electrons. The lowest BCUT2D eigenvalue weighted by atomic mass is 10.1. The van der Waals surface area contributed by atoms with Gasteiger partial charge in [-0.3, -0.25) is 0 Å². The summed E-state index contributed by atoms with van der Waals surface area (Å²) in [5.41, 5.74) is 1.13. The first-order valence-corrected chi connectivity index (χ1v) is 7.16. The molecule has 0 bridgehead atoms. The first kappa shape index (κ1) is 14.4. The molecule has 0 unspecified atom stereocenters. The minimum absolute atomic E-state index is 0.0266. The Morgan fingerprint density at radius 1 is 1.39 bits per heavy atom. The van der Waals surface area contributed by atoms with E-state index in [2.05, 4.69) is 6.58 Å². The molecule has 0 aliphatic carbocycles. The summed E-state index contributed by atoms with van der Waals surface area (Å²) in [4.78, 5) is 10.9. The maximum Gasteiger partial charge on any atom is 0.335 e. The molecule has 0 heterocycles. The second-order valence-electron chi connectivity index (χ2n) is 4.15. The number of benzene rings is 1. The van der Waals surface area contributed by atoms with Crippen molar-refractivity contribution in [3.63, 3.8) is 0 Å². The van der Waals surface area contributed by atoms with Gasteiger partial charge in [0.1, 0.15) is 0 Å². The van der Waals surface area contributed by atoms with Crippen molar-refractivity contribution in [1.82, 2.24) is 0 Å². The largest absolute Gasteiger partial charge is 0.478 e. The minimum atomic E-state index is -3.52. The lowest BCUT2D eigenvalue weighted by Gasteiger charge is -2.09. The van der Waals surface area contributed by atoms with E-state index in [9.17, 15) is 13.2 Å². The third-order valence-electron chi connectivity index (χ3n) is 2.66. The predicted octanol–water partition coefficient (Wildman–Crippen LogP) is 2.43. The van der Waals surface area contributed by atoms with Crippen LogP contribution in [0.3, 0.4) is 0 Å². The van der Waals surface area contributed by atoms with E-state index in [4.69, 9.17) is 5.11 Å². The summed E-state index contributed by atoms with van der Waals surface area (Å²) in [5, 5.41) is 8.88. The van der Waals surface area contributed by atoms with Gasteiger partial charge in [-0.1, -0.05) is 25.1 Å². The quantitative estimate of drug-likeness (QED) is 0.832. The van der Waals surface area contributed by atoms with Gasteiger partial charge in [-0.15, -0.1) is 0 Å². The molecule has 1 aromatic rings. The Balaban J connectivity index is 3.27. The van der Waals surface area contributed by atoms with Crippen molar-refractivity contribution in [2.75, 3.05) is 5.75 Å². The number of sulfone groups is 1. The van der Waals surface area contributed by atoms with Gasteiger partial charge in [0.15, 0.2) is 9.84 Å². The summed E-state index contributed by atoms with van der Waals surface area (Å²) in [5.74, 6) is -1.28. The highest BCUT2D eigenvalue weighted by atomic mass is 32.2. The first-order chi connectivity index (χ1) is 8.27. The van der Waals surface area contributed by atoms with E-state index in [1.807, 2.05) is 6.92 Å². The Labute approximate surface area is 107 Å². The van der Waals surface area contributed by atoms with Crippen LogP contribution in [0.4, 0.5) is 0 Å². The van der Waals surface area contributed by atoms with Gasteiger partial charge in [-0.2, -0.15) is 0 Å². The van der Waals surface area contributed by atoms with Crippen LogP contribution in [-0.4, -0.2) is 25.2 Å². The van der Waals surface area contributed by atoms with E-state index in [0.717, 1.165) is 0 Å². The van der Waals surface area contributed by atoms with Crippen molar-refractivity contribution in [1.29, 1.82) is 0 Å². The highest BCUT2D eigenvalue weighted by Crippen LogP contribution is 2.20. The van der Waals surface area contributed by atoms with Crippen molar-refractivity contribution in [2.24, 2.45) is 0 Å². The van der Waals surface area contributed by atoms with Gasteiger partial charge in [-0.25, -0.2) is 13.2 Å². The number of carboxylic acid groups (broad SMARTS) is 1. The van der Waals surface area contributed by atoms with E-state index >= 15 is 0 Å². The second kappa shape index (κ2) is 5.35. The van der Waals surface area contributed by atoms with Crippen LogP contribution < -0.4 is 0 Å². The van der Waals surface area contributed by atoms with Crippen LogP contribution in [0.5, 0.6) is 0 Å². The number of hydrogen-bond donors (Lipinski definition) is 1. The average Bonchev–Trinajstić information content (AvgIpc) is 2.28. The number of aryl methyl sites for hydroxylation is 1. The highest BCUT2D eigenvalue weighted by Gasteiger charge is 2.19. The van der Waals surface area contributed by atoms with Gasteiger partial charge < -0.3 is 5.11 Å². The summed E-state index contributed by atoms with van der Waals surface area (Å²) in [6.45, 7) is 7.15. The fourth-order valence-electron chi connectivity index (χ4n) is 1.52. The van der Waals surface area contributed by atoms with Gasteiger partial charge in [-0.05, 0) is 31.0 Å². The Morgan fingerprint density at radius 3 is 2.50 bits per heavy atom. The molecular weight excluding hydrogens is 252 g/mol. The smallest absolute Gasteiger partial charge is 0.335 e. The lowest BCUT2D eigenvalue weighted by Crippen LogP contribution is -2.11. The van der Waals surface area contributed by atoms with Gasteiger partial charge >= 0.3 is 5.97 Å². The molecule has 0 aliphatic heterocycles. The summed E-state index contributed by atoms with van der Waals surface area (Å²) < 4.78 is 24.3. The molecule has 0 aliphatic rings. The molecule has 1 aromatic carbocycles. The van der Waals surface area contributed by atoms with Gasteiger partial charge in [0, 0.05) is 0 Å². The van der Waals surface area contributed by atoms with Crippen molar-refractivity contribution in [2.45, 2.75) is 25.2 Å². The zero-order valence-corrected chi connectivity index (χ0v) is 11.3. The molecule has 0 saturated heterocycles. The molecule has 98 valence electrons. The van der Waals surface area contributed by atoms with Crippen LogP contribution >= 0.6 is 0 Å². The van der Waals surface area contributed by atoms with Crippen molar-refractivity contribution < 1.29 is 18.3 Å². The Bertz CT molecular complexity index is 585. The molecule has 0 aromatic heterocycles. The monoisotopic (exact) mass is 268 g/mol. The Morgan fingerprint density at radius 2 is 2.00 bits per heavy atom. The van der Waals surface area contributed by atoms with Crippen LogP contribution in [0.25, 0.3) is 0 Å². The number of rotatable bonds is 5. The van der Waals surface area contributed by atoms with Crippen molar-refractivity contribution in [3.05, 3.63) is 41.5 Å². The number of aromatic carboxylic acids is 1. The van der Waals surface area contributed by atoms with E-state index < -0.39 is 15.8 Å². The van der Waals surface area contributed by atoms with E-state index in [0.29, 0.717) is 17.6 Å². The fourth-order valence-corrected chi connectivity index (χ4v) is 3.28. The molecule has 0 saturated carbocycles. The zero-order valence-electron chi connectivity index (χ0n) is 10.4. The summed E-state index contributed by atoms with van der Waals surface area (Å²) in [6.07, 6.45) is 0.580. The zero-order chi connectivity index (χ0) is 13.9. The van der Waals surface area contributed by atoms with E-state index in [1.54, 1.807) is 6.92 Å². The summed E-state index contributed by atoms with van der Waals surface area (Å²) in [6, 6.07) is 4.10. The SMILES string of the molecule is C=C(CC)CS(=O)(=O)c1cc(C(=O)O)ccc1C. The molecular formula is C13H16O4S. The first-order valence-electron chi connectivity index (χ1n) is 5.51. The maximum absolute atomic E-state index is 12.1. The van der Waals surface area contributed by atoms with Gasteiger partial charge in [0.2, 0.25) is 0 Å². The highest BCUT2D eigenvalue weighted by molar-refractivity contribution is 7.91. The molecule has 4 nitrogen and oxygen atoms in total. The Hall–Kier alpha value is -1.62. The molecule has 5 heteroatoms. The average molecular weight is 268 g/mol. The van der Waals surface area contributed by atoms with Crippen LogP contribution in [0.15, 0.2) is 35.2 Å². The number of hydrogen-bond acceptors (Lipinski definition) is 3. The van der Waals surface area contributed by atoms with Crippen LogP contribution in [0, 0.1) is 6.92 Å². The molecule has 1 N–H and O–H groups in total. The lowest BCUT2D eigenvalue weighted by molar-refractivity contribution is 0.0696. The van der Waals surface area contributed by atoms with Crippen LogP contribution in [-0.2, 0) is 9.84 Å². The van der Waals surface area contributed by atoms with Crippen molar-refractivity contribution in [3.8, 4) is 0 Å². The molecule has 0 fully saturated rings. The molecule has 0 spiro atoms. The van der Waals surface area contributed by atoms with Gasteiger partial charge in [0.05, 0.1) is 16.2 Å². The normalized spacial score (nSPS) is 11.2.